The molecular weight excluding hydrogens is 455 g/mol. The second-order valence-corrected chi connectivity index (χ2v) is 9.53. The number of rotatable bonds is 3. The van der Waals surface area contributed by atoms with Gasteiger partial charge in [0.15, 0.2) is 16.7 Å². The summed E-state index contributed by atoms with van der Waals surface area (Å²) < 4.78 is 19.0. The van der Waals surface area contributed by atoms with Crippen molar-refractivity contribution in [3.05, 3.63) is 108 Å². The molecule has 0 aliphatic carbocycles. The summed E-state index contributed by atoms with van der Waals surface area (Å²) >= 11 is 1.61. The van der Waals surface area contributed by atoms with Crippen molar-refractivity contribution in [3.8, 4) is 27.6 Å². The molecule has 6 aromatic rings. The molecule has 0 N–H and O–H groups in total. The number of hydrogen-bond donors (Lipinski definition) is 0. The number of nitrogens with zero attached hydrogens (tertiary/aromatic N) is 4. The molecule has 168 valence electrons. The van der Waals surface area contributed by atoms with Crippen LogP contribution in [0.4, 0.5) is 10.1 Å². The van der Waals surface area contributed by atoms with Gasteiger partial charge >= 0.3 is 0 Å². The maximum Gasteiger partial charge on any atom is 0.295 e. The van der Waals surface area contributed by atoms with Gasteiger partial charge in [0.1, 0.15) is 16.5 Å². The van der Waals surface area contributed by atoms with E-state index < -0.39 is 0 Å². The summed E-state index contributed by atoms with van der Waals surface area (Å²) in [7, 11) is 2.08. The Kier molecular flexibility index (Phi) is 4.94. The Morgan fingerprint density at radius 2 is 1.71 bits per heavy atom. The van der Waals surface area contributed by atoms with Crippen LogP contribution in [0.3, 0.4) is 0 Å². The van der Waals surface area contributed by atoms with Crippen molar-refractivity contribution in [2.45, 2.75) is 6.92 Å². The smallest absolute Gasteiger partial charge is 0.238 e. The zero-order valence-electron chi connectivity index (χ0n) is 19.2. The molecule has 35 heavy (non-hydrogen) atoms. The zero-order valence-corrected chi connectivity index (χ0v) is 20.0. The van der Waals surface area contributed by atoms with Gasteiger partial charge in [0.05, 0.1) is 29.4 Å². The third-order valence-corrected chi connectivity index (χ3v) is 7.38. The maximum atomic E-state index is 13.4. The van der Waals surface area contributed by atoms with E-state index in [0.717, 1.165) is 54.5 Å². The van der Waals surface area contributed by atoms with Crippen LogP contribution in [0.15, 0.2) is 84.9 Å². The van der Waals surface area contributed by atoms with Gasteiger partial charge in [0.2, 0.25) is 0 Å². The summed E-state index contributed by atoms with van der Waals surface area (Å²) in [4.78, 5) is 8.43. The van der Waals surface area contributed by atoms with Crippen LogP contribution >= 0.6 is 11.3 Å². The quantitative estimate of drug-likeness (QED) is 0.193. The molecular formula is C29H20FN4S+. The molecule has 0 spiro atoms. The Labute approximate surface area is 206 Å². The van der Waals surface area contributed by atoms with E-state index in [1.54, 1.807) is 23.5 Å². The van der Waals surface area contributed by atoms with E-state index in [1.807, 2.05) is 36.4 Å². The third-order valence-electron chi connectivity index (χ3n) is 6.32. The second kappa shape index (κ2) is 8.15. The summed E-state index contributed by atoms with van der Waals surface area (Å²) in [5.74, 6) is 0.787. The van der Waals surface area contributed by atoms with Crippen molar-refractivity contribution in [1.29, 1.82) is 0 Å². The Bertz CT molecular complexity index is 1770. The molecule has 0 amide bonds. The molecule has 0 radical (unpaired) electrons. The Morgan fingerprint density at radius 3 is 2.46 bits per heavy atom. The number of aromatic nitrogens is 3. The van der Waals surface area contributed by atoms with Gasteiger partial charge in [0.25, 0.3) is 5.82 Å². The fourth-order valence-corrected chi connectivity index (χ4v) is 5.64. The van der Waals surface area contributed by atoms with Crippen LogP contribution in [0, 0.1) is 19.3 Å². The van der Waals surface area contributed by atoms with E-state index in [2.05, 4.69) is 52.2 Å². The second-order valence-electron chi connectivity index (χ2n) is 8.50. The van der Waals surface area contributed by atoms with Crippen LogP contribution in [0.1, 0.15) is 5.56 Å². The minimum atomic E-state index is -0.252. The van der Waals surface area contributed by atoms with Crippen molar-refractivity contribution >= 4 is 38.3 Å². The minimum absolute atomic E-state index is 0.252. The Balaban J connectivity index is 1.59. The van der Waals surface area contributed by atoms with Gasteiger partial charge in [-0.1, -0.05) is 24.3 Å². The number of hydrogen-bond acceptors (Lipinski definition) is 2. The lowest BCUT2D eigenvalue weighted by molar-refractivity contribution is -0.633. The van der Waals surface area contributed by atoms with Crippen molar-refractivity contribution in [2.24, 2.45) is 7.05 Å². The van der Waals surface area contributed by atoms with Crippen molar-refractivity contribution < 1.29 is 8.96 Å². The molecule has 0 aliphatic heterocycles. The van der Waals surface area contributed by atoms with Crippen LogP contribution in [0.25, 0.3) is 53.7 Å². The average molecular weight is 476 g/mol. The fourth-order valence-electron chi connectivity index (χ4n) is 4.59. The van der Waals surface area contributed by atoms with Gasteiger partial charge in [-0.2, -0.15) is 4.57 Å². The first-order valence-electron chi connectivity index (χ1n) is 11.2. The molecule has 4 nitrogen and oxygen atoms in total. The fraction of sp³-hybridized carbons (Fsp3) is 0.0690. The lowest BCUT2D eigenvalue weighted by Crippen LogP contribution is -2.30. The standard InChI is InChI=1S/C29H20FN4S/c1-18-16-27-24(32-28(35-27)19-8-10-20(30)11-9-19)17-23(18)29-33(3)25-6-4-5-7-26(25)34(29)22-14-12-21(31-2)13-15-22/h4-17H,1,3H3/q+1. The van der Waals surface area contributed by atoms with Gasteiger partial charge in [-0.25, -0.2) is 18.8 Å². The minimum Gasteiger partial charge on any atom is -0.238 e. The number of aryl methyl sites for hydroxylation is 2. The number of halogens is 1. The molecule has 0 saturated heterocycles. The Morgan fingerprint density at radius 1 is 0.971 bits per heavy atom. The molecule has 0 bridgehead atoms. The lowest BCUT2D eigenvalue weighted by atomic mass is 10.1. The van der Waals surface area contributed by atoms with E-state index in [4.69, 9.17) is 11.6 Å². The van der Waals surface area contributed by atoms with Gasteiger partial charge < -0.3 is 0 Å². The molecule has 4 aromatic carbocycles. The van der Waals surface area contributed by atoms with Crippen LogP contribution in [0.5, 0.6) is 0 Å². The first-order valence-corrected chi connectivity index (χ1v) is 12.0. The summed E-state index contributed by atoms with van der Waals surface area (Å²) in [6.07, 6.45) is 0. The Hall–Kier alpha value is -4.34. The predicted octanol–water partition coefficient (Wildman–Crippen LogP) is 7.40. The van der Waals surface area contributed by atoms with E-state index in [1.165, 1.54) is 12.1 Å². The number of imidazole rings is 1. The largest absolute Gasteiger partial charge is 0.295 e. The monoisotopic (exact) mass is 475 g/mol. The first-order chi connectivity index (χ1) is 17.0. The topological polar surface area (TPSA) is 26.1 Å². The molecule has 6 rings (SSSR count). The molecule has 0 fully saturated rings. The highest BCUT2D eigenvalue weighted by atomic mass is 32.1. The summed E-state index contributed by atoms with van der Waals surface area (Å²) in [5.41, 5.74) is 7.86. The van der Waals surface area contributed by atoms with E-state index in [0.29, 0.717) is 5.69 Å². The van der Waals surface area contributed by atoms with Crippen LogP contribution < -0.4 is 4.57 Å². The molecule has 0 unspecified atom stereocenters. The first kappa shape index (κ1) is 21.2. The number of fused-ring (bicyclic) bond motifs is 2. The third kappa shape index (κ3) is 3.49. The maximum absolute atomic E-state index is 13.4. The van der Waals surface area contributed by atoms with Crippen molar-refractivity contribution in [1.82, 2.24) is 9.55 Å². The average Bonchev–Trinajstić information content (AvgIpc) is 3.42. The van der Waals surface area contributed by atoms with E-state index in [-0.39, 0.29) is 5.82 Å². The summed E-state index contributed by atoms with van der Waals surface area (Å²) in [6.45, 7) is 9.42. The summed E-state index contributed by atoms with van der Waals surface area (Å²) in [6, 6.07) is 26.8. The van der Waals surface area contributed by atoms with Crippen molar-refractivity contribution in [3.63, 3.8) is 0 Å². The lowest BCUT2D eigenvalue weighted by Gasteiger charge is -2.07. The van der Waals surface area contributed by atoms with Crippen molar-refractivity contribution in [2.75, 3.05) is 0 Å². The molecule has 0 saturated carbocycles. The molecule has 0 atom stereocenters. The highest BCUT2D eigenvalue weighted by Gasteiger charge is 2.27. The van der Waals surface area contributed by atoms with Gasteiger partial charge in [0, 0.05) is 5.56 Å². The normalized spacial score (nSPS) is 11.3. The van der Waals surface area contributed by atoms with Crippen LogP contribution in [-0.2, 0) is 7.05 Å². The van der Waals surface area contributed by atoms with E-state index >= 15 is 0 Å². The van der Waals surface area contributed by atoms with Gasteiger partial charge in [-0.3, -0.25) is 0 Å². The highest BCUT2D eigenvalue weighted by Crippen LogP contribution is 2.36. The number of thiazole rings is 1. The summed E-state index contributed by atoms with van der Waals surface area (Å²) in [5, 5.41) is 0.871. The zero-order chi connectivity index (χ0) is 24.1. The number of benzene rings is 4. The molecule has 2 aromatic heterocycles. The molecule has 0 aliphatic rings. The molecule has 6 heteroatoms. The van der Waals surface area contributed by atoms with Gasteiger partial charge in [-0.05, 0) is 73.2 Å². The van der Waals surface area contributed by atoms with E-state index in [9.17, 15) is 4.39 Å². The van der Waals surface area contributed by atoms with Crippen LogP contribution in [0.2, 0.25) is 0 Å². The molecule has 2 heterocycles. The number of para-hydroxylation sites is 2. The van der Waals surface area contributed by atoms with Gasteiger partial charge in [-0.15, -0.1) is 11.3 Å². The SMILES string of the molecule is [C-]#[N+]c1ccc(-n2c(-c3cc4nc(-c5ccc(F)cc5)sc4cc3C)[n+](C)c3ccccc32)cc1. The highest BCUT2D eigenvalue weighted by molar-refractivity contribution is 7.21. The van der Waals surface area contributed by atoms with Crippen LogP contribution in [-0.4, -0.2) is 9.55 Å². The predicted molar refractivity (Wildman–Crippen MR) is 139 cm³/mol.